The number of hydrogen-bond acceptors (Lipinski definition) is 4. The first-order valence-electron chi connectivity index (χ1n) is 11.3. The maximum atomic E-state index is 13.2. The molecule has 0 aliphatic heterocycles. The Morgan fingerprint density at radius 2 is 1.94 bits per heavy atom. The van der Waals surface area contributed by atoms with Crippen molar-refractivity contribution < 1.29 is 13.6 Å². The molecule has 0 aromatic carbocycles. The average molecular weight is 452 g/mol. The lowest BCUT2D eigenvalue weighted by atomic mass is 10.0. The smallest absolute Gasteiger partial charge is 0.260 e. The molecule has 4 aromatic heterocycles. The number of anilines is 1. The minimum absolute atomic E-state index is 0.236. The molecule has 1 unspecified atom stereocenters. The van der Waals surface area contributed by atoms with Gasteiger partial charge in [0.05, 0.1) is 5.69 Å². The zero-order valence-electron chi connectivity index (χ0n) is 19.2. The van der Waals surface area contributed by atoms with Crippen molar-refractivity contribution in [2.45, 2.75) is 52.9 Å². The van der Waals surface area contributed by atoms with Crippen molar-refractivity contribution in [1.29, 1.82) is 0 Å². The number of rotatable bonds is 5. The van der Waals surface area contributed by atoms with Crippen molar-refractivity contribution in [3.63, 3.8) is 0 Å². The molecule has 0 radical (unpaired) electrons. The van der Waals surface area contributed by atoms with E-state index >= 15 is 0 Å². The number of alkyl halides is 2. The van der Waals surface area contributed by atoms with Gasteiger partial charge in [-0.15, -0.1) is 0 Å². The molecule has 8 heteroatoms. The molecule has 6 nitrogen and oxygen atoms in total. The summed E-state index contributed by atoms with van der Waals surface area (Å²) in [7, 11) is 0. The molecule has 1 aliphatic carbocycles. The fraction of sp³-hybridized carbons (Fsp3) is 0.360. The lowest BCUT2D eigenvalue weighted by Gasteiger charge is -2.13. The van der Waals surface area contributed by atoms with Gasteiger partial charge in [0.15, 0.2) is 0 Å². The largest absolute Gasteiger partial charge is 0.310 e. The van der Waals surface area contributed by atoms with E-state index in [2.05, 4.69) is 40.2 Å². The molecule has 1 aliphatic rings. The summed E-state index contributed by atoms with van der Waals surface area (Å²) >= 11 is 0. The van der Waals surface area contributed by atoms with Gasteiger partial charge in [0, 0.05) is 53.2 Å². The molecule has 172 valence electrons. The van der Waals surface area contributed by atoms with Crippen molar-refractivity contribution in [3.05, 3.63) is 54.2 Å². The standard InChI is InChI=1S/C23H21F2N5O.C2H6/c1-3-4-15-7-13(2)17(12-27-15)19-8-14-11-28-20(29-22(31)18-10-23(18,24)25)9-16(14)21-26-5-6-30(19)21;1-2/h5-9,11-12,18H,3-4,10H2,1-2H3,(H,28,29,31);1-2H3. The van der Waals surface area contributed by atoms with E-state index in [4.69, 9.17) is 0 Å². The van der Waals surface area contributed by atoms with Crippen LogP contribution in [0.1, 0.15) is 44.9 Å². The van der Waals surface area contributed by atoms with Crippen LogP contribution in [0.4, 0.5) is 14.6 Å². The van der Waals surface area contributed by atoms with E-state index in [1.54, 1.807) is 18.5 Å². The normalized spacial score (nSPS) is 16.4. The topological polar surface area (TPSA) is 72.2 Å². The maximum absolute atomic E-state index is 13.2. The molecular weight excluding hydrogens is 424 g/mol. The number of carbonyl (C=O) groups excluding carboxylic acids is 1. The van der Waals surface area contributed by atoms with Gasteiger partial charge in [0.2, 0.25) is 5.91 Å². The van der Waals surface area contributed by atoms with E-state index in [0.29, 0.717) is 5.65 Å². The van der Waals surface area contributed by atoms with Crippen molar-refractivity contribution in [1.82, 2.24) is 19.4 Å². The number of carbonyl (C=O) groups is 1. The van der Waals surface area contributed by atoms with Crippen LogP contribution < -0.4 is 5.32 Å². The predicted octanol–water partition coefficient (Wildman–Crippen LogP) is 5.83. The lowest BCUT2D eigenvalue weighted by molar-refractivity contribution is -0.119. The minimum atomic E-state index is -2.91. The second-order valence-electron chi connectivity index (χ2n) is 8.05. The third kappa shape index (κ3) is 4.29. The molecule has 1 amide bonds. The second-order valence-corrected chi connectivity index (χ2v) is 8.05. The molecule has 1 fully saturated rings. The number of hydrogen-bond donors (Lipinski definition) is 1. The van der Waals surface area contributed by atoms with Gasteiger partial charge in [0.1, 0.15) is 17.4 Å². The van der Waals surface area contributed by atoms with Gasteiger partial charge in [-0.3, -0.25) is 14.2 Å². The highest BCUT2D eigenvalue weighted by Crippen LogP contribution is 2.49. The van der Waals surface area contributed by atoms with Gasteiger partial charge < -0.3 is 5.32 Å². The minimum Gasteiger partial charge on any atom is -0.310 e. The highest BCUT2D eigenvalue weighted by Gasteiger charge is 2.61. The molecule has 4 aromatic rings. The summed E-state index contributed by atoms with van der Waals surface area (Å²) in [4.78, 5) is 25.4. The van der Waals surface area contributed by atoms with Gasteiger partial charge in [-0.05, 0) is 37.1 Å². The Bertz CT molecular complexity index is 1330. The zero-order chi connectivity index (χ0) is 23.8. The molecule has 1 saturated carbocycles. The Hall–Kier alpha value is -3.42. The van der Waals surface area contributed by atoms with Crippen LogP contribution in [0.15, 0.2) is 43.0 Å². The van der Waals surface area contributed by atoms with Crippen LogP contribution in [0.3, 0.4) is 0 Å². The highest BCUT2D eigenvalue weighted by molar-refractivity contribution is 6.00. The zero-order valence-corrected chi connectivity index (χ0v) is 19.2. The molecule has 1 atom stereocenters. The monoisotopic (exact) mass is 451 g/mol. The van der Waals surface area contributed by atoms with Crippen molar-refractivity contribution in [3.8, 4) is 11.3 Å². The summed E-state index contributed by atoms with van der Waals surface area (Å²) in [5, 5.41) is 4.11. The van der Waals surface area contributed by atoms with E-state index in [1.807, 2.05) is 36.7 Å². The number of pyridine rings is 3. The third-order valence-corrected chi connectivity index (χ3v) is 5.71. The van der Waals surface area contributed by atoms with Crippen LogP contribution in [0.2, 0.25) is 0 Å². The molecular formula is C25H27F2N5O. The van der Waals surface area contributed by atoms with E-state index < -0.39 is 24.2 Å². The van der Waals surface area contributed by atoms with E-state index in [0.717, 1.165) is 46.1 Å². The average Bonchev–Trinajstić information content (AvgIpc) is 3.20. The molecule has 0 saturated heterocycles. The SMILES string of the molecule is CC.CCCc1cc(C)c(-c2cc3cnc(NC(=O)C4CC4(F)F)cc3c3nccn23)cn1. The first-order valence-corrected chi connectivity index (χ1v) is 11.3. The van der Waals surface area contributed by atoms with E-state index in [9.17, 15) is 13.6 Å². The van der Waals surface area contributed by atoms with Gasteiger partial charge in [-0.2, -0.15) is 0 Å². The first kappa shape index (κ1) is 22.8. The number of imidazole rings is 1. The molecule has 33 heavy (non-hydrogen) atoms. The Kier molecular flexibility index (Phi) is 6.10. The van der Waals surface area contributed by atoms with Crippen molar-refractivity contribution in [2.24, 2.45) is 5.92 Å². The summed E-state index contributed by atoms with van der Waals surface area (Å²) in [6, 6.07) is 5.78. The van der Waals surface area contributed by atoms with Crippen molar-refractivity contribution >= 4 is 28.1 Å². The second kappa shape index (κ2) is 8.84. The summed E-state index contributed by atoms with van der Waals surface area (Å²) in [5.41, 5.74) is 4.81. The van der Waals surface area contributed by atoms with Crippen molar-refractivity contribution in [2.75, 3.05) is 5.32 Å². The number of amides is 1. The summed E-state index contributed by atoms with van der Waals surface area (Å²) < 4.78 is 28.3. The summed E-state index contributed by atoms with van der Waals surface area (Å²) in [5.74, 6) is -4.66. The maximum Gasteiger partial charge on any atom is 0.260 e. The first-order chi connectivity index (χ1) is 15.9. The number of aromatic nitrogens is 4. The summed E-state index contributed by atoms with van der Waals surface area (Å²) in [6.45, 7) is 8.19. The van der Waals surface area contributed by atoms with Gasteiger partial charge >= 0.3 is 0 Å². The number of nitrogens with one attached hydrogen (secondary N) is 1. The fourth-order valence-corrected chi connectivity index (χ4v) is 3.95. The highest BCUT2D eigenvalue weighted by atomic mass is 19.3. The Labute approximate surface area is 191 Å². The molecule has 1 N–H and O–H groups in total. The summed E-state index contributed by atoms with van der Waals surface area (Å²) in [6.07, 6.45) is 8.65. The van der Waals surface area contributed by atoms with Crippen LogP contribution in [0.25, 0.3) is 27.7 Å². The number of aryl methyl sites for hydroxylation is 2. The van der Waals surface area contributed by atoms with Crippen LogP contribution in [-0.2, 0) is 11.2 Å². The Balaban J connectivity index is 0.00000126. The van der Waals surface area contributed by atoms with Crippen LogP contribution >= 0.6 is 0 Å². The number of fused-ring (bicyclic) bond motifs is 3. The Morgan fingerprint density at radius 3 is 2.61 bits per heavy atom. The molecule has 5 rings (SSSR count). The van der Waals surface area contributed by atoms with Gasteiger partial charge in [-0.1, -0.05) is 27.2 Å². The van der Waals surface area contributed by atoms with Gasteiger partial charge in [-0.25, -0.2) is 18.7 Å². The molecule has 0 bridgehead atoms. The quantitative estimate of drug-likeness (QED) is 0.415. The molecule has 0 spiro atoms. The number of halogens is 2. The van der Waals surface area contributed by atoms with Crippen LogP contribution in [-0.4, -0.2) is 31.2 Å². The Morgan fingerprint density at radius 1 is 1.18 bits per heavy atom. The number of nitrogens with zero attached hydrogens (tertiary/aromatic N) is 4. The molecule has 4 heterocycles. The third-order valence-electron chi connectivity index (χ3n) is 5.71. The van der Waals surface area contributed by atoms with Crippen LogP contribution in [0.5, 0.6) is 0 Å². The van der Waals surface area contributed by atoms with Gasteiger partial charge in [0.25, 0.3) is 5.92 Å². The van der Waals surface area contributed by atoms with E-state index in [-0.39, 0.29) is 5.82 Å². The van der Waals surface area contributed by atoms with E-state index in [1.165, 1.54) is 0 Å². The fourth-order valence-electron chi connectivity index (χ4n) is 3.95. The van der Waals surface area contributed by atoms with Crippen LogP contribution in [0, 0.1) is 12.8 Å². The lowest BCUT2D eigenvalue weighted by Crippen LogP contribution is -2.18. The predicted molar refractivity (Wildman–Crippen MR) is 125 cm³/mol.